The first-order valence-electron chi connectivity index (χ1n) is 10.2. The van der Waals surface area contributed by atoms with Crippen LogP contribution in [0.5, 0.6) is 0 Å². The highest BCUT2D eigenvalue weighted by Gasteiger charge is 2.45. The van der Waals surface area contributed by atoms with E-state index in [1.165, 1.54) is 5.56 Å². The molecule has 3 aliphatic rings. The SMILES string of the molecule is CCN(CC)C(=O)N[C@H]1C[C@@H]2c3cc([N+](=O)[O-])cc4c3C(CN4)C[C@H]2N(C)C1. The number of rotatable bonds is 4. The molecule has 1 fully saturated rings. The summed E-state index contributed by atoms with van der Waals surface area (Å²) in [4.78, 5) is 27.8. The predicted octanol–water partition coefficient (Wildman–Crippen LogP) is 2.72. The van der Waals surface area contributed by atoms with Crippen molar-refractivity contribution in [1.29, 1.82) is 0 Å². The second-order valence-electron chi connectivity index (χ2n) is 8.23. The van der Waals surface area contributed by atoms with E-state index in [0.29, 0.717) is 25.0 Å². The van der Waals surface area contributed by atoms with Gasteiger partial charge in [-0.15, -0.1) is 0 Å². The van der Waals surface area contributed by atoms with Gasteiger partial charge < -0.3 is 20.4 Å². The van der Waals surface area contributed by atoms with E-state index < -0.39 is 0 Å². The van der Waals surface area contributed by atoms with E-state index in [9.17, 15) is 14.9 Å². The minimum Gasteiger partial charge on any atom is -0.384 e. The van der Waals surface area contributed by atoms with Crippen molar-refractivity contribution in [3.05, 3.63) is 33.4 Å². The Hall–Kier alpha value is -2.35. The Morgan fingerprint density at radius 3 is 2.79 bits per heavy atom. The number of nitro groups is 1. The van der Waals surface area contributed by atoms with Crippen molar-refractivity contribution < 1.29 is 9.72 Å². The summed E-state index contributed by atoms with van der Waals surface area (Å²) in [6, 6.07) is 3.82. The van der Waals surface area contributed by atoms with Gasteiger partial charge in [0.15, 0.2) is 0 Å². The molecule has 1 aromatic rings. The highest BCUT2D eigenvalue weighted by molar-refractivity contribution is 5.74. The number of amides is 2. The second-order valence-corrected chi connectivity index (χ2v) is 8.23. The molecular formula is C20H29N5O3. The number of piperidine rings is 1. The van der Waals surface area contributed by atoms with Crippen LogP contribution in [0, 0.1) is 10.1 Å². The molecule has 2 aliphatic heterocycles. The fourth-order valence-electron chi connectivity index (χ4n) is 5.39. The average molecular weight is 387 g/mol. The first-order valence-corrected chi connectivity index (χ1v) is 10.2. The molecule has 0 bridgehead atoms. The molecule has 2 amide bonds. The van der Waals surface area contributed by atoms with Gasteiger partial charge in [0.25, 0.3) is 5.69 Å². The quantitative estimate of drug-likeness (QED) is 0.612. The molecule has 8 nitrogen and oxygen atoms in total. The van der Waals surface area contributed by atoms with Crippen molar-refractivity contribution in [2.24, 2.45) is 0 Å². The third kappa shape index (κ3) is 3.09. The summed E-state index contributed by atoms with van der Waals surface area (Å²) >= 11 is 0. The molecule has 8 heteroatoms. The molecule has 4 atom stereocenters. The van der Waals surface area contributed by atoms with Gasteiger partial charge in [-0.2, -0.15) is 0 Å². The van der Waals surface area contributed by atoms with Gasteiger partial charge >= 0.3 is 6.03 Å². The number of hydrogen-bond acceptors (Lipinski definition) is 5. The fraction of sp³-hybridized carbons (Fsp3) is 0.650. The number of urea groups is 1. The number of fused-ring (bicyclic) bond motifs is 2. The van der Waals surface area contributed by atoms with Crippen LogP contribution in [0.3, 0.4) is 0 Å². The molecule has 1 unspecified atom stereocenters. The summed E-state index contributed by atoms with van der Waals surface area (Å²) in [5.41, 5.74) is 3.43. The number of nitrogens with one attached hydrogen (secondary N) is 2. The van der Waals surface area contributed by atoms with Crippen LogP contribution >= 0.6 is 0 Å². The molecule has 4 rings (SSSR count). The lowest BCUT2D eigenvalue weighted by atomic mass is 9.69. The predicted molar refractivity (Wildman–Crippen MR) is 108 cm³/mol. The summed E-state index contributed by atoms with van der Waals surface area (Å²) in [5.74, 6) is 0.613. The number of nitro benzene ring substituents is 1. The van der Waals surface area contributed by atoms with Crippen molar-refractivity contribution in [2.75, 3.05) is 38.5 Å². The normalized spacial score (nSPS) is 28.1. The zero-order valence-electron chi connectivity index (χ0n) is 16.8. The van der Waals surface area contributed by atoms with E-state index in [1.54, 1.807) is 17.0 Å². The van der Waals surface area contributed by atoms with Gasteiger partial charge in [-0.1, -0.05) is 0 Å². The smallest absolute Gasteiger partial charge is 0.317 e. The van der Waals surface area contributed by atoms with Crippen molar-refractivity contribution >= 4 is 17.4 Å². The third-order valence-electron chi connectivity index (χ3n) is 6.74. The van der Waals surface area contributed by atoms with Crippen LogP contribution < -0.4 is 10.6 Å². The standard InChI is InChI=1S/C20H29N5O3/c1-4-24(5-2)20(26)22-13-7-15-16-8-14(25(27)28)9-17-19(16)12(10-21-17)6-18(15)23(3)11-13/h8-9,12-13,15,18,21H,4-7,10-11H2,1-3H3,(H,22,26)/t12?,13-,15+,18+/m0/s1. The first-order chi connectivity index (χ1) is 13.4. The van der Waals surface area contributed by atoms with Crippen molar-refractivity contribution in [1.82, 2.24) is 15.1 Å². The fourth-order valence-corrected chi connectivity index (χ4v) is 5.39. The minimum atomic E-state index is -0.304. The molecule has 0 spiro atoms. The summed E-state index contributed by atoms with van der Waals surface area (Å²) in [6.45, 7) is 6.99. The zero-order valence-corrected chi connectivity index (χ0v) is 16.8. The topological polar surface area (TPSA) is 90.8 Å². The molecular weight excluding hydrogens is 358 g/mol. The molecule has 0 aromatic heterocycles. The molecule has 1 aromatic carbocycles. The van der Waals surface area contributed by atoms with Gasteiger partial charge in [-0.25, -0.2) is 4.79 Å². The zero-order chi connectivity index (χ0) is 20.0. The van der Waals surface area contributed by atoms with Gasteiger partial charge in [0.05, 0.1) is 4.92 Å². The number of anilines is 1. The molecule has 1 aliphatic carbocycles. The molecule has 2 N–H and O–H groups in total. The van der Waals surface area contributed by atoms with Crippen molar-refractivity contribution in [3.8, 4) is 0 Å². The van der Waals surface area contributed by atoms with Crippen LogP contribution in [0.15, 0.2) is 12.1 Å². The summed E-state index contributed by atoms with van der Waals surface area (Å²) in [7, 11) is 2.11. The maximum Gasteiger partial charge on any atom is 0.317 e. The highest BCUT2D eigenvalue weighted by atomic mass is 16.6. The van der Waals surface area contributed by atoms with Crippen LogP contribution in [-0.2, 0) is 0 Å². The van der Waals surface area contributed by atoms with E-state index in [-0.39, 0.29) is 28.6 Å². The molecule has 1 saturated heterocycles. The number of carbonyl (C=O) groups is 1. The maximum atomic E-state index is 12.5. The van der Waals surface area contributed by atoms with E-state index in [2.05, 4.69) is 22.6 Å². The lowest BCUT2D eigenvalue weighted by Crippen LogP contribution is -2.56. The van der Waals surface area contributed by atoms with Gasteiger partial charge in [-0.3, -0.25) is 10.1 Å². The maximum absolute atomic E-state index is 12.5. The Morgan fingerprint density at radius 1 is 1.36 bits per heavy atom. The molecule has 0 saturated carbocycles. The Kier molecular flexibility index (Phi) is 4.91. The number of carbonyl (C=O) groups excluding carboxylic acids is 1. The molecule has 28 heavy (non-hydrogen) atoms. The van der Waals surface area contributed by atoms with Crippen LogP contribution in [0.1, 0.15) is 49.7 Å². The number of likely N-dealkylation sites (N-methyl/N-ethyl adjacent to an activating group) is 1. The van der Waals surface area contributed by atoms with Gasteiger partial charge in [0.2, 0.25) is 0 Å². The number of nitrogens with zero attached hydrogens (tertiary/aromatic N) is 3. The minimum absolute atomic E-state index is 0.0264. The largest absolute Gasteiger partial charge is 0.384 e. The van der Waals surface area contributed by atoms with Crippen molar-refractivity contribution in [2.45, 2.75) is 50.6 Å². The van der Waals surface area contributed by atoms with E-state index in [1.807, 2.05) is 13.8 Å². The van der Waals surface area contributed by atoms with E-state index in [4.69, 9.17) is 0 Å². The number of likely N-dealkylation sites (tertiary alicyclic amines) is 1. The van der Waals surface area contributed by atoms with E-state index in [0.717, 1.165) is 37.2 Å². The van der Waals surface area contributed by atoms with Crippen LogP contribution in [0.2, 0.25) is 0 Å². The Balaban J connectivity index is 1.63. The average Bonchev–Trinajstić information content (AvgIpc) is 3.07. The second kappa shape index (κ2) is 7.24. The van der Waals surface area contributed by atoms with Crippen LogP contribution in [-0.4, -0.2) is 66.1 Å². The number of hydrogen-bond donors (Lipinski definition) is 2. The highest BCUT2D eigenvalue weighted by Crippen LogP contribution is 2.51. The molecule has 152 valence electrons. The summed E-state index contributed by atoms with van der Waals surface area (Å²) < 4.78 is 0. The number of benzene rings is 1. The third-order valence-corrected chi connectivity index (χ3v) is 6.74. The Bertz CT molecular complexity index is 794. The monoisotopic (exact) mass is 387 g/mol. The van der Waals surface area contributed by atoms with Gasteiger partial charge in [-0.05, 0) is 44.9 Å². The molecule has 0 radical (unpaired) electrons. The van der Waals surface area contributed by atoms with Crippen molar-refractivity contribution in [3.63, 3.8) is 0 Å². The van der Waals surface area contributed by atoms with Crippen LogP contribution in [0.4, 0.5) is 16.2 Å². The van der Waals surface area contributed by atoms with E-state index >= 15 is 0 Å². The number of non-ortho nitro benzene ring substituents is 1. The van der Waals surface area contributed by atoms with Gasteiger partial charge in [0.1, 0.15) is 0 Å². The molecule has 2 heterocycles. The Labute approximate surface area is 165 Å². The lowest BCUT2D eigenvalue weighted by molar-refractivity contribution is -0.384. The lowest BCUT2D eigenvalue weighted by Gasteiger charge is -2.47. The summed E-state index contributed by atoms with van der Waals surface area (Å²) in [6.07, 6.45) is 1.88. The first kappa shape index (κ1) is 19.0. The summed E-state index contributed by atoms with van der Waals surface area (Å²) in [5, 5.41) is 18.0. The van der Waals surface area contributed by atoms with Gasteiger partial charge in [0, 0.05) is 67.9 Å². The Morgan fingerprint density at radius 2 is 2.11 bits per heavy atom. The van der Waals surface area contributed by atoms with Crippen LogP contribution in [0.25, 0.3) is 0 Å².